The molecule has 0 spiro atoms. The number of nitrogens with one attached hydrogen (secondary N) is 2. The molecule has 2 N–H and O–H groups in total. The normalized spacial score (nSPS) is 19.7. The number of halogens is 4. The molecule has 0 radical (unpaired) electrons. The molecule has 3 aromatic rings. The van der Waals surface area contributed by atoms with Crippen LogP contribution in [-0.4, -0.2) is 56.6 Å². The molecule has 5 heterocycles. The van der Waals surface area contributed by atoms with Crippen molar-refractivity contribution >= 4 is 46.1 Å². The number of amides is 1. The fourth-order valence-corrected chi connectivity index (χ4v) is 4.67. The first-order valence-corrected chi connectivity index (χ1v) is 12.1. The zero-order valence-corrected chi connectivity index (χ0v) is 21.1. The number of alkyl halides is 3. The minimum atomic E-state index is -4.58. The molecule has 5 rings (SSSR count). The molecule has 38 heavy (non-hydrogen) atoms. The molecule has 0 saturated carbocycles. The fraction of sp³-hybridized carbons (Fsp3) is 0.375. The highest BCUT2D eigenvalue weighted by Crippen LogP contribution is 2.37. The van der Waals surface area contributed by atoms with Crippen molar-refractivity contribution in [1.29, 1.82) is 0 Å². The van der Waals surface area contributed by atoms with Crippen molar-refractivity contribution in [3.8, 4) is 11.5 Å². The summed E-state index contributed by atoms with van der Waals surface area (Å²) in [7, 11) is 1.67. The molecule has 1 unspecified atom stereocenters. The van der Waals surface area contributed by atoms with Gasteiger partial charge in [-0.05, 0) is 18.6 Å². The molecule has 1 saturated heterocycles. The summed E-state index contributed by atoms with van der Waals surface area (Å²) in [6.07, 6.45) is 0.223. The van der Waals surface area contributed by atoms with Crippen LogP contribution in [0.3, 0.4) is 0 Å². The van der Waals surface area contributed by atoms with Crippen LogP contribution in [0.25, 0.3) is 11.2 Å². The number of dihydropyridines is 1. The first-order chi connectivity index (χ1) is 18.1. The third kappa shape index (κ3) is 5.43. The van der Waals surface area contributed by atoms with Crippen molar-refractivity contribution in [1.82, 2.24) is 19.5 Å². The summed E-state index contributed by atoms with van der Waals surface area (Å²) < 4.78 is 53.6. The molecule has 14 heteroatoms. The molecule has 2 aliphatic heterocycles. The molecule has 0 aliphatic carbocycles. The molecular formula is C24H23ClF3N7O3. The van der Waals surface area contributed by atoms with Gasteiger partial charge in [-0.1, -0.05) is 11.6 Å². The number of carbonyl (C=O) groups excluding carboxylic acids is 1. The maximum atomic E-state index is 13.6. The van der Waals surface area contributed by atoms with E-state index >= 15 is 0 Å². The van der Waals surface area contributed by atoms with Crippen LogP contribution in [0.15, 0.2) is 41.3 Å². The Balaban J connectivity index is 1.42. The van der Waals surface area contributed by atoms with Crippen molar-refractivity contribution in [2.75, 3.05) is 23.8 Å². The largest absolute Gasteiger partial charge is 0.454 e. The first-order valence-electron chi connectivity index (χ1n) is 11.7. The quantitative estimate of drug-likeness (QED) is 0.450. The highest BCUT2D eigenvalue weighted by Gasteiger charge is 2.39. The number of aryl methyl sites for hydroxylation is 1. The van der Waals surface area contributed by atoms with Gasteiger partial charge in [0.1, 0.15) is 27.8 Å². The number of ether oxygens (including phenoxy) is 2. The maximum Gasteiger partial charge on any atom is 0.432 e. The number of allylic oxidation sites excluding steroid dienone is 1. The number of pyridine rings is 2. The van der Waals surface area contributed by atoms with E-state index in [2.05, 4.69) is 30.6 Å². The highest BCUT2D eigenvalue weighted by atomic mass is 35.5. The minimum Gasteiger partial charge on any atom is -0.454 e. The van der Waals surface area contributed by atoms with Crippen LogP contribution in [0, 0.1) is 5.92 Å². The molecule has 1 fully saturated rings. The van der Waals surface area contributed by atoms with E-state index in [9.17, 15) is 18.0 Å². The summed E-state index contributed by atoms with van der Waals surface area (Å²) in [5.41, 5.74) is 0.0924. The Morgan fingerprint density at radius 1 is 1.32 bits per heavy atom. The second-order valence-electron chi connectivity index (χ2n) is 8.96. The average Bonchev–Trinajstić information content (AvgIpc) is 3.49. The first kappa shape index (κ1) is 25.9. The van der Waals surface area contributed by atoms with E-state index in [1.165, 1.54) is 25.4 Å². The predicted molar refractivity (Wildman–Crippen MR) is 135 cm³/mol. The lowest BCUT2D eigenvalue weighted by molar-refractivity contribution is -0.114. The van der Waals surface area contributed by atoms with Gasteiger partial charge >= 0.3 is 6.18 Å². The van der Waals surface area contributed by atoms with Gasteiger partial charge in [-0.3, -0.25) is 9.79 Å². The van der Waals surface area contributed by atoms with Crippen LogP contribution in [0.2, 0.25) is 5.02 Å². The Labute approximate surface area is 219 Å². The summed E-state index contributed by atoms with van der Waals surface area (Å²) in [5.74, 6) is 0.777. The molecule has 2 aliphatic rings. The summed E-state index contributed by atoms with van der Waals surface area (Å²) in [6.45, 7) is 2.25. The van der Waals surface area contributed by atoms with Crippen LogP contribution < -0.4 is 15.4 Å². The van der Waals surface area contributed by atoms with E-state index in [-0.39, 0.29) is 40.6 Å². The van der Waals surface area contributed by atoms with Gasteiger partial charge in [-0.2, -0.15) is 18.2 Å². The summed E-state index contributed by atoms with van der Waals surface area (Å²) in [6, 6.07) is 2.56. The van der Waals surface area contributed by atoms with Gasteiger partial charge in [0.25, 0.3) is 0 Å². The zero-order chi connectivity index (χ0) is 27.0. The second-order valence-corrected chi connectivity index (χ2v) is 9.34. The third-order valence-corrected chi connectivity index (χ3v) is 6.55. The Kier molecular flexibility index (Phi) is 6.97. The van der Waals surface area contributed by atoms with Gasteiger partial charge in [-0.25, -0.2) is 9.97 Å². The topological polar surface area (TPSA) is 116 Å². The molecule has 1 amide bonds. The van der Waals surface area contributed by atoms with Gasteiger partial charge in [0, 0.05) is 50.9 Å². The van der Waals surface area contributed by atoms with Crippen LogP contribution in [-0.2, 0) is 16.6 Å². The Bertz CT molecular complexity index is 1450. The summed E-state index contributed by atoms with van der Waals surface area (Å²) >= 11 is 6.63. The van der Waals surface area contributed by atoms with E-state index in [1.807, 2.05) is 0 Å². The van der Waals surface area contributed by atoms with Gasteiger partial charge < -0.3 is 24.7 Å². The number of rotatable bonds is 6. The number of imidazole rings is 1. The number of carbonyl (C=O) groups is 1. The molecule has 2 atom stereocenters. The van der Waals surface area contributed by atoms with Gasteiger partial charge in [0.15, 0.2) is 11.4 Å². The van der Waals surface area contributed by atoms with E-state index in [1.54, 1.807) is 17.7 Å². The molecule has 0 aromatic carbocycles. The molecule has 200 valence electrons. The van der Waals surface area contributed by atoms with Gasteiger partial charge in [-0.15, -0.1) is 0 Å². The average molecular weight is 550 g/mol. The van der Waals surface area contributed by atoms with Crippen molar-refractivity contribution in [2.24, 2.45) is 18.0 Å². The Hall–Kier alpha value is -3.71. The number of anilines is 2. The lowest BCUT2D eigenvalue weighted by Crippen LogP contribution is -2.32. The fourth-order valence-electron chi connectivity index (χ4n) is 4.37. The van der Waals surface area contributed by atoms with Crippen molar-refractivity contribution in [3.63, 3.8) is 0 Å². The molecule has 0 bridgehead atoms. The summed E-state index contributed by atoms with van der Waals surface area (Å²) in [5, 5.41) is 5.79. The van der Waals surface area contributed by atoms with Crippen molar-refractivity contribution < 1.29 is 27.4 Å². The van der Waals surface area contributed by atoms with Crippen LogP contribution in [0.1, 0.15) is 19.8 Å². The van der Waals surface area contributed by atoms with E-state index in [0.29, 0.717) is 42.4 Å². The Morgan fingerprint density at radius 2 is 2.13 bits per heavy atom. The SMILES string of the molecule is CC(=O)Nc1cc(Oc2cnc3nc(NC4=CC(C(F)(F)F)=NC([C@H]5CCOC5)C4)n(C)c3c2Cl)ccn1. The molecule has 10 nitrogen and oxygen atoms in total. The minimum absolute atomic E-state index is 0.0894. The predicted octanol–water partition coefficient (Wildman–Crippen LogP) is 4.88. The second kappa shape index (κ2) is 10.2. The lowest BCUT2D eigenvalue weighted by atomic mass is 9.93. The van der Waals surface area contributed by atoms with E-state index in [0.717, 1.165) is 6.08 Å². The van der Waals surface area contributed by atoms with Crippen LogP contribution in [0.4, 0.5) is 24.9 Å². The molecule has 3 aromatic heterocycles. The zero-order valence-electron chi connectivity index (χ0n) is 20.3. The van der Waals surface area contributed by atoms with Crippen molar-refractivity contribution in [2.45, 2.75) is 32.0 Å². The van der Waals surface area contributed by atoms with E-state index in [4.69, 9.17) is 21.1 Å². The lowest BCUT2D eigenvalue weighted by Gasteiger charge is -2.26. The number of fused-ring (bicyclic) bond motifs is 1. The van der Waals surface area contributed by atoms with Crippen molar-refractivity contribution in [3.05, 3.63) is 41.3 Å². The molecular weight excluding hydrogens is 527 g/mol. The maximum absolute atomic E-state index is 13.6. The van der Waals surface area contributed by atoms with Crippen LogP contribution in [0.5, 0.6) is 11.5 Å². The number of hydrogen-bond donors (Lipinski definition) is 2. The van der Waals surface area contributed by atoms with E-state index < -0.39 is 17.9 Å². The number of aliphatic imine (C=N–C) groups is 1. The van der Waals surface area contributed by atoms with Gasteiger partial charge in [0.2, 0.25) is 11.9 Å². The van der Waals surface area contributed by atoms with Crippen LogP contribution >= 0.6 is 11.6 Å². The number of nitrogens with zero attached hydrogens (tertiary/aromatic N) is 5. The Morgan fingerprint density at radius 3 is 2.84 bits per heavy atom. The van der Waals surface area contributed by atoms with Gasteiger partial charge in [0.05, 0.1) is 18.8 Å². The summed E-state index contributed by atoms with van der Waals surface area (Å²) in [4.78, 5) is 28.1. The monoisotopic (exact) mass is 549 g/mol. The standard InChI is InChI=1S/C24H23ClF3N7O3/c1-12(36)31-19-9-15(3-5-29-19)38-17-10-30-22-21(20(17)25)35(2)23(34-22)32-14-7-16(13-4-6-37-11-13)33-18(8-14)24(26,27)28/h3,5,8-10,13,16H,4,6-7,11H2,1-2H3,(H,29,31,36)(H,30,32,34)/t13-,16?/m0/s1. The number of hydrogen-bond acceptors (Lipinski definition) is 8. The third-order valence-electron chi connectivity index (χ3n) is 6.19. The number of aromatic nitrogens is 4. The highest BCUT2D eigenvalue weighted by molar-refractivity contribution is 6.36. The smallest absolute Gasteiger partial charge is 0.432 e.